The van der Waals surface area contributed by atoms with Crippen molar-refractivity contribution in [3.8, 4) is 0 Å². The van der Waals surface area contributed by atoms with Gasteiger partial charge in [0.25, 0.3) is 0 Å². The molecule has 2 atom stereocenters. The van der Waals surface area contributed by atoms with E-state index in [1.807, 2.05) is 0 Å². The van der Waals surface area contributed by atoms with E-state index < -0.39 is 0 Å². The number of aryl methyl sites for hydroxylation is 3. The van der Waals surface area contributed by atoms with Gasteiger partial charge < -0.3 is 10.1 Å². The molecule has 120 valence electrons. The Morgan fingerprint density at radius 1 is 1.05 bits per heavy atom. The molecule has 2 nitrogen and oxygen atoms in total. The highest BCUT2D eigenvalue weighted by atomic mass is 16.5. The first kappa shape index (κ1) is 18.2. The molecule has 21 heavy (non-hydrogen) atoms. The van der Waals surface area contributed by atoms with Crippen molar-refractivity contribution in [3.63, 3.8) is 0 Å². The van der Waals surface area contributed by atoms with Crippen LogP contribution in [0.15, 0.2) is 12.1 Å². The fourth-order valence-electron chi connectivity index (χ4n) is 3.22. The summed E-state index contributed by atoms with van der Waals surface area (Å²) in [6.07, 6.45) is 1.43. The molecule has 0 bridgehead atoms. The highest BCUT2D eigenvalue weighted by Gasteiger charge is 2.17. The molecule has 1 rings (SSSR count). The fourth-order valence-corrected chi connectivity index (χ4v) is 3.22. The van der Waals surface area contributed by atoms with E-state index in [0.29, 0.717) is 12.0 Å². The van der Waals surface area contributed by atoms with Crippen LogP contribution >= 0.6 is 0 Å². The first-order valence-corrected chi connectivity index (χ1v) is 8.27. The van der Waals surface area contributed by atoms with Crippen LogP contribution in [0.1, 0.15) is 62.4 Å². The molecule has 0 aliphatic rings. The van der Waals surface area contributed by atoms with E-state index in [1.165, 1.54) is 22.3 Å². The van der Waals surface area contributed by atoms with Crippen molar-refractivity contribution in [2.75, 3.05) is 13.2 Å². The second-order valence-electron chi connectivity index (χ2n) is 6.70. The molecule has 1 aromatic carbocycles. The van der Waals surface area contributed by atoms with Gasteiger partial charge in [-0.25, -0.2) is 0 Å². The van der Waals surface area contributed by atoms with E-state index in [0.717, 1.165) is 19.6 Å². The van der Waals surface area contributed by atoms with Gasteiger partial charge in [0.2, 0.25) is 0 Å². The van der Waals surface area contributed by atoms with Gasteiger partial charge in [-0.15, -0.1) is 0 Å². The van der Waals surface area contributed by atoms with Gasteiger partial charge >= 0.3 is 0 Å². The lowest BCUT2D eigenvalue weighted by atomic mass is 9.94. The maximum Gasteiger partial charge on any atom is 0.0665 e. The summed E-state index contributed by atoms with van der Waals surface area (Å²) in [6, 6.07) is 4.82. The zero-order valence-corrected chi connectivity index (χ0v) is 14.9. The second-order valence-corrected chi connectivity index (χ2v) is 6.70. The van der Waals surface area contributed by atoms with E-state index in [2.05, 4.69) is 65.9 Å². The Bertz CT molecular complexity index is 416. The maximum atomic E-state index is 6.10. The van der Waals surface area contributed by atoms with Crippen LogP contribution in [0, 0.1) is 26.7 Å². The largest absolute Gasteiger partial charge is 0.377 e. The van der Waals surface area contributed by atoms with Gasteiger partial charge in [-0.3, -0.25) is 0 Å². The lowest BCUT2D eigenvalue weighted by Gasteiger charge is -2.25. The van der Waals surface area contributed by atoms with Crippen LogP contribution in [-0.2, 0) is 4.74 Å². The van der Waals surface area contributed by atoms with Gasteiger partial charge in [0.05, 0.1) is 18.8 Å². The molecule has 0 saturated carbocycles. The van der Waals surface area contributed by atoms with E-state index in [4.69, 9.17) is 4.74 Å². The quantitative estimate of drug-likeness (QED) is 0.748. The van der Waals surface area contributed by atoms with E-state index in [-0.39, 0.29) is 6.04 Å². The summed E-state index contributed by atoms with van der Waals surface area (Å²) in [7, 11) is 0. The summed E-state index contributed by atoms with van der Waals surface area (Å²) in [6.45, 7) is 17.1. The van der Waals surface area contributed by atoms with Crippen molar-refractivity contribution in [1.29, 1.82) is 0 Å². The molecule has 0 heterocycles. The molecule has 2 heteroatoms. The first-order valence-electron chi connectivity index (χ1n) is 8.27. The fraction of sp³-hybridized carbons (Fsp3) is 0.684. The Labute approximate surface area is 131 Å². The average molecular weight is 291 g/mol. The van der Waals surface area contributed by atoms with Crippen LogP contribution < -0.4 is 5.32 Å². The van der Waals surface area contributed by atoms with Gasteiger partial charge in [0.1, 0.15) is 0 Å². The Balaban J connectivity index is 2.82. The van der Waals surface area contributed by atoms with Gasteiger partial charge in [0.15, 0.2) is 0 Å². The van der Waals surface area contributed by atoms with E-state index in [9.17, 15) is 0 Å². The Kier molecular flexibility index (Phi) is 7.41. The third-order valence-corrected chi connectivity index (χ3v) is 3.89. The number of rotatable bonds is 8. The molecule has 0 spiro atoms. The monoisotopic (exact) mass is 291 g/mol. The first-order chi connectivity index (χ1) is 9.85. The zero-order chi connectivity index (χ0) is 16.0. The van der Waals surface area contributed by atoms with Crippen LogP contribution in [0.2, 0.25) is 0 Å². The highest BCUT2D eigenvalue weighted by Crippen LogP contribution is 2.24. The summed E-state index contributed by atoms with van der Waals surface area (Å²) in [5.74, 6) is 0.681. The van der Waals surface area contributed by atoms with Gasteiger partial charge in [-0.2, -0.15) is 0 Å². The van der Waals surface area contributed by atoms with Gasteiger partial charge in [-0.1, -0.05) is 38.5 Å². The number of nitrogens with one attached hydrogen (secondary N) is 1. The Morgan fingerprint density at radius 3 is 2.10 bits per heavy atom. The van der Waals surface area contributed by atoms with Crippen molar-refractivity contribution in [2.45, 2.75) is 67.0 Å². The van der Waals surface area contributed by atoms with E-state index >= 15 is 0 Å². The number of hydrogen-bond acceptors (Lipinski definition) is 2. The van der Waals surface area contributed by atoms with Crippen molar-refractivity contribution in [3.05, 3.63) is 34.4 Å². The number of ether oxygens (including phenoxy) is 1. The number of hydrogen-bond donors (Lipinski definition) is 1. The molecule has 0 aromatic heterocycles. The minimum atomic E-state index is 0.283. The van der Waals surface area contributed by atoms with Gasteiger partial charge in [-0.05, 0) is 63.3 Å². The van der Waals surface area contributed by atoms with Crippen molar-refractivity contribution >= 4 is 0 Å². The topological polar surface area (TPSA) is 21.3 Å². The zero-order valence-electron chi connectivity index (χ0n) is 14.9. The molecule has 1 aromatic rings. The van der Waals surface area contributed by atoms with E-state index in [1.54, 1.807) is 0 Å². The Morgan fingerprint density at radius 2 is 1.62 bits per heavy atom. The van der Waals surface area contributed by atoms with Crippen LogP contribution in [0.4, 0.5) is 0 Å². The summed E-state index contributed by atoms with van der Waals surface area (Å²) in [5, 5.41) is 3.58. The summed E-state index contributed by atoms with van der Waals surface area (Å²) >= 11 is 0. The third-order valence-electron chi connectivity index (χ3n) is 3.89. The SMILES string of the molecule is CCNC(COC(C)CC(C)C)c1c(C)cc(C)cc1C. The molecule has 1 N–H and O–H groups in total. The molecule has 0 radical (unpaired) electrons. The maximum absolute atomic E-state index is 6.10. The minimum absolute atomic E-state index is 0.283. The molecule has 2 unspecified atom stereocenters. The molecule has 0 aliphatic carbocycles. The summed E-state index contributed by atoms with van der Waals surface area (Å²) in [5.41, 5.74) is 5.45. The van der Waals surface area contributed by atoms with Gasteiger partial charge in [0, 0.05) is 0 Å². The van der Waals surface area contributed by atoms with Crippen molar-refractivity contribution in [1.82, 2.24) is 5.32 Å². The highest BCUT2D eigenvalue weighted by molar-refractivity contribution is 5.39. The molecule has 0 fully saturated rings. The standard InChI is InChI=1S/C19H33NO/c1-8-20-18(12-21-17(7)9-13(2)3)19-15(5)10-14(4)11-16(19)6/h10-11,13,17-18,20H,8-9,12H2,1-7H3. The average Bonchev–Trinajstić information content (AvgIpc) is 2.33. The summed E-state index contributed by atoms with van der Waals surface area (Å²) < 4.78 is 6.10. The molecular formula is C19H33NO. The number of benzene rings is 1. The Hall–Kier alpha value is -0.860. The predicted octanol–water partition coefficient (Wildman–Crippen LogP) is 4.71. The lowest BCUT2D eigenvalue weighted by molar-refractivity contribution is 0.0371. The second kappa shape index (κ2) is 8.55. The van der Waals surface area contributed by atoms with Crippen LogP contribution in [-0.4, -0.2) is 19.3 Å². The third kappa shape index (κ3) is 5.80. The summed E-state index contributed by atoms with van der Waals surface area (Å²) in [4.78, 5) is 0. The molecule has 0 saturated heterocycles. The van der Waals surface area contributed by atoms with Crippen LogP contribution in [0.25, 0.3) is 0 Å². The van der Waals surface area contributed by atoms with Crippen molar-refractivity contribution in [2.24, 2.45) is 5.92 Å². The normalized spacial score (nSPS) is 14.5. The molecule has 0 amide bonds. The van der Waals surface area contributed by atoms with Crippen LogP contribution in [0.5, 0.6) is 0 Å². The molecule has 0 aliphatic heterocycles. The number of likely N-dealkylation sites (N-methyl/N-ethyl adjacent to an activating group) is 1. The lowest BCUT2D eigenvalue weighted by Crippen LogP contribution is -2.29. The van der Waals surface area contributed by atoms with Crippen molar-refractivity contribution < 1.29 is 4.74 Å². The van der Waals surface area contributed by atoms with Crippen LogP contribution in [0.3, 0.4) is 0 Å². The smallest absolute Gasteiger partial charge is 0.0665 e. The minimum Gasteiger partial charge on any atom is -0.377 e. The molecular weight excluding hydrogens is 258 g/mol. The predicted molar refractivity (Wildman–Crippen MR) is 91.9 cm³/mol.